The minimum atomic E-state index is -0.0636. The summed E-state index contributed by atoms with van der Waals surface area (Å²) in [6.45, 7) is 4.00. The highest BCUT2D eigenvalue weighted by atomic mass is 16.1. The van der Waals surface area contributed by atoms with Crippen LogP contribution in [0.3, 0.4) is 0 Å². The average Bonchev–Trinajstić information content (AvgIpc) is 2.95. The number of likely N-dealkylation sites (tertiary alicyclic amines) is 1. The van der Waals surface area contributed by atoms with Crippen molar-refractivity contribution in [1.29, 1.82) is 0 Å². The lowest BCUT2D eigenvalue weighted by Gasteiger charge is -2.26. The van der Waals surface area contributed by atoms with E-state index in [9.17, 15) is 4.79 Å². The Morgan fingerprint density at radius 3 is 2.36 bits per heavy atom. The molecule has 2 aromatic rings. The van der Waals surface area contributed by atoms with Crippen LogP contribution in [-0.4, -0.2) is 23.3 Å². The molecule has 0 spiro atoms. The third-order valence-electron chi connectivity index (χ3n) is 6.13. The third kappa shape index (κ3) is 4.02. The van der Waals surface area contributed by atoms with Crippen molar-refractivity contribution in [1.82, 2.24) is 4.90 Å². The number of hydrogen-bond acceptors (Lipinski definition) is 2. The van der Waals surface area contributed by atoms with Crippen molar-refractivity contribution in [2.24, 2.45) is 5.92 Å². The van der Waals surface area contributed by atoms with E-state index in [4.69, 9.17) is 0 Å². The van der Waals surface area contributed by atoms with Gasteiger partial charge in [0.15, 0.2) is 5.78 Å². The molecule has 1 saturated heterocycles. The van der Waals surface area contributed by atoms with Crippen LogP contribution in [0, 0.1) is 5.92 Å². The predicted octanol–water partition coefficient (Wildman–Crippen LogP) is 5.36. The number of carbonyl (C=O) groups is 1. The van der Waals surface area contributed by atoms with Crippen molar-refractivity contribution in [3.8, 4) is 0 Å². The summed E-state index contributed by atoms with van der Waals surface area (Å²) < 4.78 is 0. The molecular weight excluding hydrogens is 342 g/mol. The number of rotatable bonds is 6. The van der Waals surface area contributed by atoms with Crippen LogP contribution < -0.4 is 0 Å². The van der Waals surface area contributed by atoms with Gasteiger partial charge in [-0.2, -0.15) is 0 Å². The molecule has 4 rings (SSSR count). The van der Waals surface area contributed by atoms with Crippen molar-refractivity contribution in [3.05, 3.63) is 95.1 Å². The maximum Gasteiger partial charge on any atom is 0.155 e. The molecule has 2 atom stereocenters. The highest BCUT2D eigenvalue weighted by Gasteiger charge is 2.41. The number of hydrogen-bond donors (Lipinski definition) is 0. The van der Waals surface area contributed by atoms with Gasteiger partial charge in [0.25, 0.3) is 0 Å². The molecule has 1 aliphatic heterocycles. The Balaban J connectivity index is 1.66. The zero-order valence-corrected chi connectivity index (χ0v) is 16.7. The van der Waals surface area contributed by atoms with Crippen molar-refractivity contribution < 1.29 is 4.79 Å². The molecule has 1 fully saturated rings. The Kier molecular flexibility index (Phi) is 5.87. The molecule has 0 bridgehead atoms. The number of ketones is 1. The molecule has 2 nitrogen and oxygen atoms in total. The monoisotopic (exact) mass is 371 g/mol. The van der Waals surface area contributed by atoms with Crippen LogP contribution in [-0.2, 0) is 17.8 Å². The van der Waals surface area contributed by atoms with Crippen molar-refractivity contribution in [3.63, 3.8) is 0 Å². The summed E-state index contributed by atoms with van der Waals surface area (Å²) in [7, 11) is 0. The van der Waals surface area contributed by atoms with Gasteiger partial charge in [0.2, 0.25) is 0 Å². The van der Waals surface area contributed by atoms with Crippen LogP contribution in [0.4, 0.5) is 0 Å². The average molecular weight is 372 g/mol. The second-order valence-corrected chi connectivity index (χ2v) is 7.94. The van der Waals surface area contributed by atoms with Crippen LogP contribution in [0.25, 0.3) is 0 Å². The number of carbonyl (C=O) groups excluding carboxylic acids is 1. The first-order chi connectivity index (χ1) is 13.8. The van der Waals surface area contributed by atoms with E-state index in [-0.39, 0.29) is 12.0 Å². The molecule has 0 amide bonds. The third-order valence-corrected chi connectivity index (χ3v) is 6.13. The van der Waals surface area contributed by atoms with E-state index in [1.54, 1.807) is 5.57 Å². The lowest BCUT2D eigenvalue weighted by atomic mass is 9.88. The normalized spacial score (nSPS) is 22.2. The Labute approximate surface area is 168 Å². The summed E-state index contributed by atoms with van der Waals surface area (Å²) in [6, 6.07) is 20.7. The number of benzene rings is 2. The van der Waals surface area contributed by atoms with E-state index in [2.05, 4.69) is 66.4 Å². The van der Waals surface area contributed by atoms with Gasteiger partial charge in [-0.05, 0) is 36.0 Å². The zero-order valence-electron chi connectivity index (χ0n) is 16.7. The summed E-state index contributed by atoms with van der Waals surface area (Å²) in [4.78, 5) is 15.9. The first kappa shape index (κ1) is 18.9. The molecule has 28 heavy (non-hydrogen) atoms. The Morgan fingerprint density at radius 1 is 1.00 bits per heavy atom. The van der Waals surface area contributed by atoms with Crippen LogP contribution in [0.15, 0.2) is 84.0 Å². The molecule has 0 saturated carbocycles. The fraction of sp³-hybridized carbons (Fsp3) is 0.346. The molecule has 1 unspecified atom stereocenters. The SMILES string of the molecule is CCC1=C2CN(Cc3ccccc3)[C@@H](C(=O)Cc3ccccc3)C2C=CCC1. The molecule has 1 aliphatic carbocycles. The molecule has 2 heteroatoms. The van der Waals surface area contributed by atoms with Gasteiger partial charge in [0.05, 0.1) is 6.04 Å². The predicted molar refractivity (Wildman–Crippen MR) is 115 cm³/mol. The molecule has 0 aromatic heterocycles. The Hall–Kier alpha value is -2.45. The van der Waals surface area contributed by atoms with Crippen LogP contribution in [0.5, 0.6) is 0 Å². The number of fused-ring (bicyclic) bond motifs is 1. The van der Waals surface area contributed by atoms with Gasteiger partial charge < -0.3 is 0 Å². The molecule has 0 radical (unpaired) electrons. The van der Waals surface area contributed by atoms with Gasteiger partial charge in [-0.25, -0.2) is 0 Å². The summed E-state index contributed by atoms with van der Waals surface area (Å²) in [5, 5.41) is 0. The Bertz CT molecular complexity index is 866. The van der Waals surface area contributed by atoms with E-state index in [1.807, 2.05) is 18.2 Å². The number of Topliss-reactive ketones (excluding diaryl/α,β-unsaturated/α-hetero) is 1. The van der Waals surface area contributed by atoms with Gasteiger partial charge in [0.1, 0.15) is 0 Å². The van der Waals surface area contributed by atoms with E-state index in [0.29, 0.717) is 12.2 Å². The van der Waals surface area contributed by atoms with E-state index < -0.39 is 0 Å². The van der Waals surface area contributed by atoms with Gasteiger partial charge in [-0.1, -0.05) is 85.3 Å². The summed E-state index contributed by atoms with van der Waals surface area (Å²) in [6.07, 6.45) is 8.44. The molecule has 144 valence electrons. The highest BCUT2D eigenvalue weighted by molar-refractivity contribution is 5.88. The molecule has 1 heterocycles. The first-order valence-corrected chi connectivity index (χ1v) is 10.5. The molecule has 0 N–H and O–H groups in total. The quantitative estimate of drug-likeness (QED) is 0.638. The topological polar surface area (TPSA) is 20.3 Å². The number of allylic oxidation sites excluding steroid dienone is 2. The summed E-state index contributed by atoms with van der Waals surface area (Å²) >= 11 is 0. The maximum atomic E-state index is 13.5. The van der Waals surface area contributed by atoms with Crippen LogP contribution >= 0.6 is 0 Å². The fourth-order valence-corrected chi connectivity index (χ4v) is 4.75. The summed E-state index contributed by atoms with van der Waals surface area (Å²) in [5.74, 6) is 0.571. The lowest BCUT2D eigenvalue weighted by Crippen LogP contribution is -2.39. The van der Waals surface area contributed by atoms with Gasteiger partial charge in [0, 0.05) is 25.4 Å². The zero-order chi connectivity index (χ0) is 19.3. The largest absolute Gasteiger partial charge is 0.298 e. The Morgan fingerprint density at radius 2 is 1.68 bits per heavy atom. The highest BCUT2D eigenvalue weighted by Crippen LogP contribution is 2.38. The second-order valence-electron chi connectivity index (χ2n) is 7.94. The van der Waals surface area contributed by atoms with E-state index in [1.165, 1.54) is 11.1 Å². The lowest BCUT2D eigenvalue weighted by molar-refractivity contribution is -0.123. The van der Waals surface area contributed by atoms with E-state index >= 15 is 0 Å². The van der Waals surface area contributed by atoms with Gasteiger partial charge in [-0.3, -0.25) is 9.69 Å². The smallest absolute Gasteiger partial charge is 0.155 e. The van der Waals surface area contributed by atoms with Crippen molar-refractivity contribution in [2.45, 2.75) is 45.2 Å². The minimum absolute atomic E-state index is 0.0636. The second kappa shape index (κ2) is 8.70. The molecular formula is C26H29NO. The molecule has 2 aliphatic rings. The standard InChI is InChI=1S/C26H29NO/c1-2-22-15-9-10-16-23-24(22)19-27(18-21-13-7-4-8-14-21)26(23)25(28)17-20-11-5-3-6-12-20/h3-8,10-14,16,23,26H,2,9,15,17-19H2,1H3/t23?,26-/m1/s1. The summed E-state index contributed by atoms with van der Waals surface area (Å²) in [5.41, 5.74) is 5.44. The minimum Gasteiger partial charge on any atom is -0.298 e. The van der Waals surface area contributed by atoms with Crippen molar-refractivity contribution >= 4 is 5.78 Å². The van der Waals surface area contributed by atoms with Crippen molar-refractivity contribution in [2.75, 3.05) is 6.54 Å². The van der Waals surface area contributed by atoms with E-state index in [0.717, 1.165) is 37.9 Å². The number of nitrogens with zero attached hydrogens (tertiary/aromatic N) is 1. The van der Waals surface area contributed by atoms with Crippen LogP contribution in [0.1, 0.15) is 37.3 Å². The van der Waals surface area contributed by atoms with Crippen LogP contribution in [0.2, 0.25) is 0 Å². The fourth-order valence-electron chi connectivity index (χ4n) is 4.75. The molecule has 2 aromatic carbocycles. The van der Waals surface area contributed by atoms with Gasteiger partial charge in [-0.15, -0.1) is 0 Å². The van der Waals surface area contributed by atoms with Gasteiger partial charge >= 0.3 is 0 Å². The first-order valence-electron chi connectivity index (χ1n) is 10.5. The maximum absolute atomic E-state index is 13.5.